The zero-order valence-corrected chi connectivity index (χ0v) is 19.3. The van der Waals surface area contributed by atoms with Gasteiger partial charge in [0.25, 0.3) is 0 Å². The Hall–Kier alpha value is -2.59. The van der Waals surface area contributed by atoms with Crippen LogP contribution in [0.5, 0.6) is 0 Å². The van der Waals surface area contributed by atoms with E-state index in [2.05, 4.69) is 15.3 Å². The third kappa shape index (κ3) is 3.42. The lowest BCUT2D eigenvalue weighted by atomic mass is 10.0. The van der Waals surface area contributed by atoms with Gasteiger partial charge in [-0.2, -0.15) is 9.29 Å². The Bertz CT molecular complexity index is 1170. The fourth-order valence-electron chi connectivity index (χ4n) is 5.59. The van der Waals surface area contributed by atoms with Crippen LogP contribution in [0.25, 0.3) is 0 Å². The van der Waals surface area contributed by atoms with Crippen LogP contribution in [0.1, 0.15) is 56.9 Å². The van der Waals surface area contributed by atoms with Gasteiger partial charge in [0.15, 0.2) is 0 Å². The van der Waals surface area contributed by atoms with Crippen LogP contribution < -0.4 is 10.2 Å². The summed E-state index contributed by atoms with van der Waals surface area (Å²) in [4.78, 5) is 28.7. The third-order valence-corrected chi connectivity index (χ3v) is 9.52. The first-order valence-corrected chi connectivity index (χ1v) is 13.3. The molecule has 0 unspecified atom stereocenters. The van der Waals surface area contributed by atoms with Gasteiger partial charge in [-0.25, -0.2) is 13.4 Å². The molecule has 3 fully saturated rings. The van der Waals surface area contributed by atoms with Crippen LogP contribution in [-0.4, -0.2) is 58.8 Å². The molecule has 1 spiro atoms. The van der Waals surface area contributed by atoms with Crippen molar-refractivity contribution in [1.29, 1.82) is 0 Å². The summed E-state index contributed by atoms with van der Waals surface area (Å²) in [6.45, 7) is 0.852. The fraction of sp³-hybridized carbons (Fsp3) is 0.565. The number of pyridine rings is 1. The molecule has 0 atom stereocenters. The number of amides is 1. The Morgan fingerprint density at radius 1 is 1.06 bits per heavy atom. The maximum Gasteiger partial charge on any atom is 0.244 e. The van der Waals surface area contributed by atoms with Crippen molar-refractivity contribution in [3.63, 3.8) is 0 Å². The highest BCUT2D eigenvalue weighted by Crippen LogP contribution is 2.57. The fourth-order valence-corrected chi connectivity index (χ4v) is 7.02. The normalized spacial score (nSPS) is 23.3. The van der Waals surface area contributed by atoms with Gasteiger partial charge >= 0.3 is 0 Å². The van der Waals surface area contributed by atoms with Crippen molar-refractivity contribution in [2.45, 2.75) is 73.8 Å². The lowest BCUT2D eigenvalue weighted by Crippen LogP contribution is -2.42. The van der Waals surface area contributed by atoms with Crippen molar-refractivity contribution in [1.82, 2.24) is 19.3 Å². The zero-order chi connectivity index (χ0) is 22.6. The third-order valence-electron chi connectivity index (χ3n) is 7.64. The number of piperidine rings is 1. The highest BCUT2D eigenvalue weighted by molar-refractivity contribution is 7.89. The minimum absolute atomic E-state index is 0.0790. The highest BCUT2D eigenvalue weighted by atomic mass is 32.2. The summed E-state index contributed by atoms with van der Waals surface area (Å²) in [5.41, 5.74) is 0.616. The maximum atomic E-state index is 13.3. The molecule has 2 aromatic rings. The average Bonchev–Trinajstić information content (AvgIpc) is 3.40. The second kappa shape index (κ2) is 7.73. The molecule has 1 amide bonds. The summed E-state index contributed by atoms with van der Waals surface area (Å²) < 4.78 is 27.2. The number of nitrogens with zero attached hydrogens (tertiary/aromatic N) is 5. The van der Waals surface area contributed by atoms with Gasteiger partial charge in [-0.05, 0) is 50.7 Å². The average molecular weight is 469 g/mol. The first-order valence-electron chi connectivity index (χ1n) is 11.9. The number of rotatable bonds is 5. The molecule has 4 heterocycles. The summed E-state index contributed by atoms with van der Waals surface area (Å²) in [5.74, 6) is 1.53. The number of hydrogen-bond acceptors (Lipinski definition) is 7. The van der Waals surface area contributed by atoms with E-state index in [1.165, 1.54) is 10.5 Å². The molecule has 33 heavy (non-hydrogen) atoms. The minimum Gasteiger partial charge on any atom is -0.351 e. The molecule has 0 aromatic carbocycles. The Labute approximate surface area is 193 Å². The molecule has 2 aliphatic carbocycles. The molecule has 0 radical (unpaired) electrons. The number of nitrogens with one attached hydrogen (secondary N) is 1. The molecular weight excluding hydrogens is 440 g/mol. The van der Waals surface area contributed by atoms with Gasteiger partial charge in [-0.3, -0.25) is 14.7 Å². The lowest BCUT2D eigenvalue weighted by molar-refractivity contribution is -0.120. The quantitative estimate of drug-likeness (QED) is 0.718. The Balaban J connectivity index is 1.17. The number of carbonyl (C=O) groups excluding carboxylic acids is 1. The van der Waals surface area contributed by atoms with E-state index in [1.54, 1.807) is 18.3 Å². The van der Waals surface area contributed by atoms with E-state index in [4.69, 9.17) is 4.98 Å². The van der Waals surface area contributed by atoms with E-state index in [1.807, 2.05) is 11.1 Å². The van der Waals surface area contributed by atoms with E-state index < -0.39 is 10.0 Å². The number of anilines is 2. The van der Waals surface area contributed by atoms with Gasteiger partial charge in [0, 0.05) is 49.3 Å². The summed E-state index contributed by atoms with van der Waals surface area (Å²) in [6.07, 6.45) is 12.3. The van der Waals surface area contributed by atoms with Crippen LogP contribution in [0, 0.1) is 0 Å². The maximum absolute atomic E-state index is 13.3. The Kier molecular flexibility index (Phi) is 4.91. The highest BCUT2D eigenvalue weighted by Gasteiger charge is 2.61. The predicted molar refractivity (Wildman–Crippen MR) is 122 cm³/mol. The van der Waals surface area contributed by atoms with E-state index in [0.29, 0.717) is 31.9 Å². The molecule has 2 saturated carbocycles. The van der Waals surface area contributed by atoms with Gasteiger partial charge in [0.05, 0.1) is 5.41 Å². The molecule has 1 saturated heterocycles. The first kappa shape index (κ1) is 21.0. The molecule has 174 valence electrons. The van der Waals surface area contributed by atoms with E-state index in [-0.39, 0.29) is 28.3 Å². The van der Waals surface area contributed by atoms with Gasteiger partial charge in [0.2, 0.25) is 21.9 Å². The summed E-state index contributed by atoms with van der Waals surface area (Å²) in [5, 5.41) is 3.40. The van der Waals surface area contributed by atoms with Crippen LogP contribution in [0.3, 0.4) is 0 Å². The lowest BCUT2D eigenvalue weighted by Gasteiger charge is -2.31. The summed E-state index contributed by atoms with van der Waals surface area (Å²) >= 11 is 0. The Morgan fingerprint density at radius 2 is 1.82 bits per heavy atom. The van der Waals surface area contributed by atoms with E-state index in [0.717, 1.165) is 49.9 Å². The topological polar surface area (TPSA) is 108 Å². The van der Waals surface area contributed by atoms with Gasteiger partial charge in [0.1, 0.15) is 10.7 Å². The molecule has 1 N–H and O–H groups in total. The van der Waals surface area contributed by atoms with Crippen LogP contribution in [-0.2, 0) is 20.2 Å². The number of fused-ring (bicyclic) bond motifs is 2. The number of aromatic nitrogens is 3. The summed E-state index contributed by atoms with van der Waals surface area (Å²) in [7, 11) is -3.53. The standard InChI is InChI=1S/C23H28N6O3S/c30-21-23(9-10-23)19-15-25-22(27-20(19)29(21)17-4-1-2-5-17)26-16-7-12-28(13-8-16)33(31,32)18-6-3-11-24-14-18/h3,6,11,14-17H,1-2,4-5,7-10,12-13H2,(H,25,26,27). The van der Waals surface area contributed by atoms with Crippen molar-refractivity contribution >= 4 is 27.7 Å². The first-order chi connectivity index (χ1) is 16.0. The SMILES string of the molecule is O=C1N(C2CCCC2)c2nc(NC3CCN(S(=O)(=O)c4cccnc4)CC3)ncc2C12CC2. The van der Waals surface area contributed by atoms with Crippen molar-refractivity contribution in [2.24, 2.45) is 0 Å². The second-order valence-electron chi connectivity index (χ2n) is 9.64. The van der Waals surface area contributed by atoms with Gasteiger partial charge in [-0.1, -0.05) is 12.8 Å². The monoisotopic (exact) mass is 468 g/mol. The number of carbonyl (C=O) groups is 1. The molecule has 6 rings (SSSR count). The number of sulfonamides is 1. The molecule has 4 aliphatic rings. The van der Waals surface area contributed by atoms with E-state index >= 15 is 0 Å². The van der Waals surface area contributed by atoms with E-state index in [9.17, 15) is 13.2 Å². The Morgan fingerprint density at radius 3 is 2.48 bits per heavy atom. The molecular formula is C23H28N6O3S. The van der Waals surface area contributed by atoms with Crippen LogP contribution >= 0.6 is 0 Å². The minimum atomic E-state index is -3.53. The summed E-state index contributed by atoms with van der Waals surface area (Å²) in [6, 6.07) is 3.54. The van der Waals surface area contributed by atoms with Crippen LogP contribution in [0.4, 0.5) is 11.8 Å². The van der Waals surface area contributed by atoms with Crippen molar-refractivity contribution < 1.29 is 13.2 Å². The predicted octanol–water partition coefficient (Wildman–Crippen LogP) is 2.46. The van der Waals surface area contributed by atoms with Gasteiger partial charge in [-0.15, -0.1) is 0 Å². The smallest absolute Gasteiger partial charge is 0.244 e. The second-order valence-corrected chi connectivity index (χ2v) is 11.6. The van der Waals surface area contributed by atoms with Crippen LogP contribution in [0.15, 0.2) is 35.6 Å². The van der Waals surface area contributed by atoms with Crippen LogP contribution in [0.2, 0.25) is 0 Å². The largest absolute Gasteiger partial charge is 0.351 e. The van der Waals surface area contributed by atoms with Gasteiger partial charge < -0.3 is 5.32 Å². The van der Waals surface area contributed by atoms with Crippen molar-refractivity contribution in [3.05, 3.63) is 36.3 Å². The molecule has 2 aliphatic heterocycles. The molecule has 0 bridgehead atoms. The molecule has 9 nitrogen and oxygen atoms in total. The van der Waals surface area contributed by atoms with Crippen molar-refractivity contribution in [3.8, 4) is 0 Å². The molecule has 2 aromatic heterocycles. The zero-order valence-electron chi connectivity index (χ0n) is 18.5. The van der Waals surface area contributed by atoms with Crippen molar-refractivity contribution in [2.75, 3.05) is 23.3 Å². The number of hydrogen-bond donors (Lipinski definition) is 1. The molecule has 10 heteroatoms.